The molecule has 1 aromatic rings. The predicted molar refractivity (Wildman–Crippen MR) is 91.9 cm³/mol. The van der Waals surface area contributed by atoms with Crippen molar-refractivity contribution in [3.63, 3.8) is 0 Å². The largest absolute Gasteiger partial charge is 0.366 e. The molecular weight excluding hydrogens is 288 g/mol. The van der Waals surface area contributed by atoms with E-state index in [1.807, 2.05) is 19.1 Å². The Bertz CT molecular complexity index is 655. The number of carbonyl (C=O) groups is 1. The smallest absolute Gasteiger partial charge is 0.249 e. The number of carbonyl (C=O) groups excluding carboxylic acids is 1. The van der Waals surface area contributed by atoms with E-state index in [-0.39, 0.29) is 5.91 Å². The Morgan fingerprint density at radius 3 is 2.65 bits per heavy atom. The molecule has 1 heterocycles. The second kappa shape index (κ2) is 5.77. The Kier molecular flexibility index (Phi) is 4.07. The summed E-state index contributed by atoms with van der Waals surface area (Å²) >= 11 is 0. The van der Waals surface area contributed by atoms with E-state index in [2.05, 4.69) is 31.3 Å². The molecule has 1 aliphatic heterocycles. The topological polar surface area (TPSA) is 64.3 Å². The van der Waals surface area contributed by atoms with E-state index in [4.69, 9.17) is 10.5 Å². The number of nitrogens with two attached hydrogens (primary N) is 1. The van der Waals surface area contributed by atoms with Gasteiger partial charge in [0.2, 0.25) is 5.91 Å². The fourth-order valence-corrected chi connectivity index (χ4v) is 3.42. The Labute approximate surface area is 138 Å². The van der Waals surface area contributed by atoms with Gasteiger partial charge in [0.1, 0.15) is 5.72 Å². The Morgan fingerprint density at radius 2 is 2.09 bits per heavy atom. The minimum Gasteiger partial charge on any atom is -0.366 e. The van der Waals surface area contributed by atoms with Gasteiger partial charge in [0.15, 0.2) is 0 Å². The zero-order valence-electron chi connectivity index (χ0n) is 14.2. The van der Waals surface area contributed by atoms with Gasteiger partial charge in [-0.1, -0.05) is 26.0 Å². The molecule has 3 rings (SSSR count). The summed E-state index contributed by atoms with van der Waals surface area (Å²) in [6.07, 6.45) is 5.38. The zero-order chi connectivity index (χ0) is 16.7. The van der Waals surface area contributed by atoms with Crippen LogP contribution in [0.4, 0.5) is 0 Å². The first-order valence-electron chi connectivity index (χ1n) is 8.33. The van der Waals surface area contributed by atoms with Gasteiger partial charge in [-0.2, -0.15) is 0 Å². The molecule has 124 valence electrons. The van der Waals surface area contributed by atoms with E-state index >= 15 is 0 Å². The summed E-state index contributed by atoms with van der Waals surface area (Å²) in [7, 11) is 0. The van der Waals surface area contributed by atoms with Crippen molar-refractivity contribution < 1.29 is 9.53 Å². The molecule has 1 unspecified atom stereocenters. The van der Waals surface area contributed by atoms with Gasteiger partial charge in [-0.25, -0.2) is 0 Å². The molecule has 0 bridgehead atoms. The van der Waals surface area contributed by atoms with Crippen LogP contribution in [0.2, 0.25) is 0 Å². The average molecular weight is 314 g/mol. The van der Waals surface area contributed by atoms with Gasteiger partial charge in [-0.05, 0) is 60.4 Å². The zero-order valence-corrected chi connectivity index (χ0v) is 14.2. The molecule has 1 amide bonds. The van der Waals surface area contributed by atoms with Gasteiger partial charge in [0.25, 0.3) is 0 Å². The summed E-state index contributed by atoms with van der Waals surface area (Å²) in [5, 5.41) is 3.38. The van der Waals surface area contributed by atoms with Crippen molar-refractivity contribution in [3.05, 3.63) is 41.0 Å². The predicted octanol–water partition coefficient (Wildman–Crippen LogP) is 3.17. The lowest BCUT2D eigenvalue weighted by molar-refractivity contribution is 0.00243. The molecule has 3 N–H and O–H groups in total. The van der Waals surface area contributed by atoms with Crippen molar-refractivity contribution in [2.45, 2.75) is 45.8 Å². The maximum atomic E-state index is 11.9. The summed E-state index contributed by atoms with van der Waals surface area (Å²) in [5.41, 5.74) is 9.27. The third-order valence-electron chi connectivity index (χ3n) is 5.11. The summed E-state index contributed by atoms with van der Waals surface area (Å²) in [5.74, 6) is -0.372. The van der Waals surface area contributed by atoms with Crippen LogP contribution in [-0.4, -0.2) is 19.1 Å². The molecule has 1 atom stereocenters. The number of hydrogen-bond donors (Lipinski definition) is 2. The van der Waals surface area contributed by atoms with Crippen LogP contribution in [0, 0.1) is 5.41 Å². The molecule has 4 nitrogen and oxygen atoms in total. The monoisotopic (exact) mass is 314 g/mol. The van der Waals surface area contributed by atoms with E-state index in [9.17, 15) is 4.79 Å². The number of primary amides is 1. The van der Waals surface area contributed by atoms with Crippen molar-refractivity contribution in [1.29, 1.82) is 0 Å². The minimum atomic E-state index is -0.487. The van der Waals surface area contributed by atoms with Crippen molar-refractivity contribution in [3.8, 4) is 0 Å². The lowest BCUT2D eigenvalue weighted by Crippen LogP contribution is -2.34. The number of hydrogen-bond acceptors (Lipinski definition) is 3. The van der Waals surface area contributed by atoms with Crippen molar-refractivity contribution in [1.82, 2.24) is 5.32 Å². The number of amides is 1. The van der Waals surface area contributed by atoms with Crippen LogP contribution in [0.1, 0.15) is 61.5 Å². The highest BCUT2D eigenvalue weighted by Crippen LogP contribution is 2.39. The van der Waals surface area contributed by atoms with Crippen molar-refractivity contribution >= 4 is 11.5 Å². The number of rotatable bonds is 3. The maximum Gasteiger partial charge on any atom is 0.249 e. The fraction of sp³-hybridized carbons (Fsp3) is 0.526. The van der Waals surface area contributed by atoms with E-state index in [1.165, 1.54) is 5.57 Å². The van der Waals surface area contributed by atoms with Crippen molar-refractivity contribution in [2.24, 2.45) is 11.1 Å². The minimum absolute atomic E-state index is 0.329. The number of nitrogens with one attached hydrogen (secondary N) is 1. The Hall–Kier alpha value is -1.65. The highest BCUT2D eigenvalue weighted by molar-refractivity contribution is 5.98. The highest BCUT2D eigenvalue weighted by atomic mass is 16.5. The van der Waals surface area contributed by atoms with Gasteiger partial charge in [0, 0.05) is 12.1 Å². The standard InChI is InChI=1S/C19H26N2O2/c1-18(2)8-6-13(7-9-18)16-12-14(4-5-15(16)17(20)22)19(3)21-10-11-23-19/h4-6,12,21H,7-11H2,1-3H3,(H2,20,22). The highest BCUT2D eigenvalue weighted by Gasteiger charge is 2.32. The molecule has 1 saturated heterocycles. The van der Waals surface area contributed by atoms with Crippen LogP contribution >= 0.6 is 0 Å². The van der Waals surface area contributed by atoms with E-state index in [0.717, 1.165) is 36.9 Å². The van der Waals surface area contributed by atoms with Crippen LogP contribution in [0.25, 0.3) is 5.57 Å². The van der Waals surface area contributed by atoms with Gasteiger partial charge in [0.05, 0.1) is 6.61 Å². The van der Waals surface area contributed by atoms with Crippen molar-refractivity contribution in [2.75, 3.05) is 13.2 Å². The number of benzene rings is 1. The van der Waals surface area contributed by atoms with Crippen LogP contribution in [0.3, 0.4) is 0 Å². The molecule has 1 aliphatic carbocycles. The maximum absolute atomic E-state index is 11.9. The van der Waals surface area contributed by atoms with Crippen LogP contribution < -0.4 is 11.1 Å². The molecule has 23 heavy (non-hydrogen) atoms. The molecule has 0 spiro atoms. The first kappa shape index (κ1) is 16.2. The van der Waals surface area contributed by atoms with Crippen LogP contribution in [-0.2, 0) is 10.5 Å². The summed E-state index contributed by atoms with van der Waals surface area (Å²) in [6.45, 7) is 8.12. The van der Waals surface area contributed by atoms with Crippen LogP contribution in [0.5, 0.6) is 0 Å². The van der Waals surface area contributed by atoms with Gasteiger partial charge in [-0.15, -0.1) is 0 Å². The normalized spacial score (nSPS) is 26.8. The summed E-state index contributed by atoms with van der Waals surface area (Å²) < 4.78 is 5.86. The second-order valence-electron chi connectivity index (χ2n) is 7.53. The molecule has 1 aromatic carbocycles. The molecule has 0 radical (unpaired) electrons. The van der Waals surface area contributed by atoms with E-state index in [0.29, 0.717) is 17.6 Å². The molecule has 0 saturated carbocycles. The molecule has 4 heteroatoms. The van der Waals surface area contributed by atoms with Gasteiger partial charge in [-0.3, -0.25) is 10.1 Å². The summed E-state index contributed by atoms with van der Waals surface area (Å²) in [4.78, 5) is 11.9. The third-order valence-corrected chi connectivity index (χ3v) is 5.11. The van der Waals surface area contributed by atoms with E-state index < -0.39 is 5.72 Å². The Morgan fingerprint density at radius 1 is 1.30 bits per heavy atom. The number of ether oxygens (including phenoxy) is 1. The quantitative estimate of drug-likeness (QED) is 0.900. The van der Waals surface area contributed by atoms with E-state index in [1.54, 1.807) is 0 Å². The molecular formula is C19H26N2O2. The van der Waals surface area contributed by atoms with Crippen LogP contribution in [0.15, 0.2) is 24.3 Å². The first-order chi connectivity index (χ1) is 10.8. The van der Waals surface area contributed by atoms with Gasteiger partial charge < -0.3 is 10.5 Å². The lowest BCUT2D eigenvalue weighted by Gasteiger charge is -2.30. The fourth-order valence-electron chi connectivity index (χ4n) is 3.42. The Balaban J connectivity index is 2.03. The average Bonchev–Trinajstić information content (AvgIpc) is 2.95. The second-order valence-corrected chi connectivity index (χ2v) is 7.53. The molecule has 1 fully saturated rings. The lowest BCUT2D eigenvalue weighted by atomic mass is 9.76. The summed E-state index contributed by atoms with van der Waals surface area (Å²) in [6, 6.07) is 5.85. The van der Waals surface area contributed by atoms with Gasteiger partial charge >= 0.3 is 0 Å². The molecule has 0 aromatic heterocycles. The third kappa shape index (κ3) is 3.19. The SMILES string of the molecule is CC1(C)CC=C(c2cc(C3(C)NCCO3)ccc2C(N)=O)CC1. The first-order valence-corrected chi connectivity index (χ1v) is 8.33. The number of allylic oxidation sites excluding steroid dienone is 2. The molecule has 2 aliphatic rings.